The molecule has 2 aromatic rings. The molecular weight excluding hydrogens is 289 g/mol. The van der Waals surface area contributed by atoms with E-state index < -0.39 is 24.5 Å². The molecule has 2 heterocycles. The molecule has 0 bridgehead atoms. The number of alkyl halides is 3. The second-order valence-electron chi connectivity index (χ2n) is 2.94. The summed E-state index contributed by atoms with van der Waals surface area (Å²) in [5.74, 6) is -0.973. The molecule has 0 atom stereocenters. The van der Waals surface area contributed by atoms with Gasteiger partial charge in [0.15, 0.2) is 5.82 Å². The zero-order valence-electron chi connectivity index (χ0n) is 10.5. The molecule has 0 amide bonds. The zero-order valence-corrected chi connectivity index (χ0v) is 9.09. The normalized spacial score (nSPS) is 15.9. The van der Waals surface area contributed by atoms with E-state index in [2.05, 4.69) is 25.9 Å². The van der Waals surface area contributed by atoms with E-state index in [1.165, 1.54) is 0 Å². The minimum atomic E-state index is -4.78. The molecule has 0 fully saturated rings. The van der Waals surface area contributed by atoms with Crippen molar-refractivity contribution in [3.05, 3.63) is 22.3 Å². The van der Waals surface area contributed by atoms with Gasteiger partial charge in [0.25, 0.3) is 0 Å². The lowest BCUT2D eigenvalue weighted by Crippen LogP contribution is -2.14. The molecule has 2 rings (SSSR count). The van der Waals surface area contributed by atoms with Gasteiger partial charge in [-0.05, 0) is 22.8 Å². The van der Waals surface area contributed by atoms with E-state index in [9.17, 15) is 13.2 Å². The van der Waals surface area contributed by atoms with Gasteiger partial charge in [-0.25, -0.2) is 9.97 Å². The maximum atomic E-state index is 12.9. The lowest BCUT2D eigenvalue weighted by Gasteiger charge is -2.10. The highest BCUT2D eigenvalue weighted by Crippen LogP contribution is 2.33. The maximum Gasteiger partial charge on any atom is 0.433 e. The van der Waals surface area contributed by atoms with Gasteiger partial charge in [-0.15, -0.1) is 0 Å². The summed E-state index contributed by atoms with van der Waals surface area (Å²) in [6.07, 6.45) is -4.30. The molecular formula is C8H6BrF3N4. The smallest absolute Gasteiger partial charge is 0.382 e. The Morgan fingerprint density at radius 1 is 1.56 bits per heavy atom. The minimum absolute atomic E-state index is 0.102. The molecule has 2 aromatic heterocycles. The molecule has 0 saturated heterocycles. The van der Waals surface area contributed by atoms with Crippen LogP contribution in [0.25, 0.3) is 5.52 Å². The van der Waals surface area contributed by atoms with Crippen LogP contribution < -0.4 is 5.73 Å². The lowest BCUT2D eigenvalue weighted by atomic mass is 10.4. The van der Waals surface area contributed by atoms with Gasteiger partial charge >= 0.3 is 6.18 Å². The fourth-order valence-electron chi connectivity index (χ4n) is 1.30. The van der Waals surface area contributed by atoms with Crippen LogP contribution in [0.1, 0.15) is 15.6 Å². The van der Waals surface area contributed by atoms with Crippen LogP contribution >= 0.6 is 15.9 Å². The average Bonchev–Trinajstić information content (AvgIpc) is 2.55. The highest BCUT2D eigenvalue weighted by atomic mass is 79.9. The highest BCUT2D eigenvalue weighted by Gasteiger charge is 2.35. The fourth-order valence-corrected chi connectivity index (χ4v) is 1.85. The second-order valence-corrected chi connectivity index (χ2v) is 3.69. The van der Waals surface area contributed by atoms with E-state index in [1.807, 2.05) is 0 Å². The molecule has 0 radical (unpaired) electrons. The molecule has 16 heavy (non-hydrogen) atoms. The fraction of sp³-hybridized carbons (Fsp3) is 0.250. The van der Waals surface area contributed by atoms with Crippen LogP contribution in [-0.4, -0.2) is 14.4 Å². The number of nitrogens with zero attached hydrogens (tertiary/aromatic N) is 3. The summed E-state index contributed by atoms with van der Waals surface area (Å²) >= 11 is 2.89. The van der Waals surface area contributed by atoms with Crippen molar-refractivity contribution in [2.24, 2.45) is 0 Å². The van der Waals surface area contributed by atoms with Gasteiger partial charge in [0.1, 0.15) is 21.6 Å². The number of aryl methyl sites for hydroxylation is 1. The van der Waals surface area contributed by atoms with E-state index in [0.29, 0.717) is 10.6 Å². The number of nitrogens with two attached hydrogens (primary N) is 1. The first-order valence-corrected chi connectivity index (χ1v) is 4.73. The third kappa shape index (κ3) is 1.53. The maximum absolute atomic E-state index is 12.9. The van der Waals surface area contributed by atoms with E-state index in [4.69, 9.17) is 9.85 Å². The first kappa shape index (κ1) is 7.88. The number of imidazole rings is 1. The van der Waals surface area contributed by atoms with Crippen LogP contribution in [0.15, 0.2) is 10.8 Å². The monoisotopic (exact) mass is 297 g/mol. The van der Waals surface area contributed by atoms with Crippen molar-refractivity contribution < 1.29 is 17.3 Å². The summed E-state index contributed by atoms with van der Waals surface area (Å²) in [4.78, 5) is 7.01. The van der Waals surface area contributed by atoms with Crippen LogP contribution in [0, 0.1) is 6.85 Å². The summed E-state index contributed by atoms with van der Waals surface area (Å²) < 4.78 is 60.8. The van der Waals surface area contributed by atoms with Crippen LogP contribution in [0.5, 0.6) is 0 Å². The van der Waals surface area contributed by atoms with Gasteiger partial charge in [0.05, 0.1) is 6.20 Å². The number of aromatic nitrogens is 3. The van der Waals surface area contributed by atoms with Gasteiger partial charge < -0.3 is 5.73 Å². The standard InChI is InChI=1S/C8H6BrF3N4/c1-3-15-6(9)5-7(13)14-2-4(16(3)5)8(10,11)12/h2H,1H3,(H2,13,14)/i1D3. The average molecular weight is 298 g/mol. The van der Waals surface area contributed by atoms with Gasteiger partial charge in [-0.3, -0.25) is 4.40 Å². The second kappa shape index (κ2) is 3.34. The Morgan fingerprint density at radius 2 is 2.25 bits per heavy atom. The molecule has 8 heteroatoms. The predicted molar refractivity (Wildman–Crippen MR) is 54.8 cm³/mol. The summed E-state index contributed by atoms with van der Waals surface area (Å²) in [6, 6.07) is 0. The third-order valence-corrected chi connectivity index (χ3v) is 2.49. The molecule has 86 valence electrons. The van der Waals surface area contributed by atoms with Crippen LogP contribution in [0.4, 0.5) is 19.0 Å². The van der Waals surface area contributed by atoms with Crippen LogP contribution in [0.3, 0.4) is 0 Å². The number of hydrogen-bond donors (Lipinski definition) is 1. The Morgan fingerprint density at radius 3 is 2.81 bits per heavy atom. The number of halogens is 4. The Labute approximate surface area is 101 Å². The molecule has 0 spiro atoms. The summed E-state index contributed by atoms with van der Waals surface area (Å²) in [6.45, 7) is -2.82. The molecule has 0 unspecified atom stereocenters. The summed E-state index contributed by atoms with van der Waals surface area (Å²) in [7, 11) is 0. The number of anilines is 1. The Hall–Kier alpha value is -1.31. The van der Waals surface area contributed by atoms with Gasteiger partial charge in [0.2, 0.25) is 0 Å². The molecule has 4 nitrogen and oxygen atoms in total. The molecule has 0 aliphatic carbocycles. The predicted octanol–water partition coefficient (Wildman–Crippen LogP) is 2.40. The first-order chi connectivity index (χ1) is 8.53. The highest BCUT2D eigenvalue weighted by molar-refractivity contribution is 9.10. The van der Waals surface area contributed by atoms with Crippen molar-refractivity contribution in [3.63, 3.8) is 0 Å². The number of fused-ring (bicyclic) bond motifs is 1. The summed E-state index contributed by atoms with van der Waals surface area (Å²) in [5.41, 5.74) is 4.00. The minimum Gasteiger partial charge on any atom is -0.382 e. The Balaban J connectivity index is 2.98. The molecule has 0 aliphatic heterocycles. The van der Waals surface area contributed by atoms with Gasteiger partial charge in [-0.1, -0.05) is 0 Å². The van der Waals surface area contributed by atoms with Crippen LogP contribution in [-0.2, 0) is 6.18 Å². The van der Waals surface area contributed by atoms with Gasteiger partial charge in [0, 0.05) is 4.11 Å². The van der Waals surface area contributed by atoms with Crippen molar-refractivity contribution in [3.8, 4) is 0 Å². The van der Waals surface area contributed by atoms with E-state index >= 15 is 0 Å². The number of rotatable bonds is 0. The number of nitrogen functional groups attached to an aromatic ring is 1. The quantitative estimate of drug-likeness (QED) is 0.812. The molecule has 0 aromatic carbocycles. The van der Waals surface area contributed by atoms with Crippen molar-refractivity contribution in [1.82, 2.24) is 14.4 Å². The lowest BCUT2D eigenvalue weighted by molar-refractivity contribution is -0.142. The van der Waals surface area contributed by atoms with Gasteiger partial charge in [-0.2, -0.15) is 13.2 Å². The zero-order chi connectivity index (χ0) is 14.6. The molecule has 0 aliphatic rings. The largest absolute Gasteiger partial charge is 0.433 e. The van der Waals surface area contributed by atoms with E-state index in [0.717, 1.165) is 0 Å². The van der Waals surface area contributed by atoms with Crippen molar-refractivity contribution in [2.75, 3.05) is 5.73 Å². The number of hydrogen-bond acceptors (Lipinski definition) is 3. The Bertz CT molecular complexity index is 649. The van der Waals surface area contributed by atoms with Crippen molar-refractivity contribution in [2.45, 2.75) is 13.0 Å². The molecule has 0 saturated carbocycles. The summed E-state index contributed by atoms with van der Waals surface area (Å²) in [5, 5.41) is 0. The molecule has 2 N–H and O–H groups in total. The SMILES string of the molecule is [2H]C([2H])([2H])c1nc(Br)c2c(N)ncc(C(F)(F)F)n12. The van der Waals surface area contributed by atoms with E-state index in [1.54, 1.807) is 0 Å². The third-order valence-electron chi connectivity index (χ3n) is 1.93. The first-order valence-electron chi connectivity index (χ1n) is 5.43. The van der Waals surface area contributed by atoms with Crippen molar-refractivity contribution >= 4 is 27.3 Å². The van der Waals surface area contributed by atoms with Crippen molar-refractivity contribution in [1.29, 1.82) is 0 Å². The Kier molecular flexibility index (Phi) is 1.65. The topological polar surface area (TPSA) is 56.2 Å². The van der Waals surface area contributed by atoms with Crippen LogP contribution in [0.2, 0.25) is 0 Å². The van der Waals surface area contributed by atoms with E-state index in [-0.39, 0.29) is 15.9 Å².